The first-order chi connectivity index (χ1) is 12.8. The van der Waals surface area contributed by atoms with Crippen molar-refractivity contribution in [3.63, 3.8) is 0 Å². The van der Waals surface area contributed by atoms with E-state index in [1.54, 1.807) is 30.1 Å². The third-order valence-electron chi connectivity index (χ3n) is 4.33. The van der Waals surface area contributed by atoms with E-state index in [4.69, 9.17) is 4.52 Å². The maximum Gasteiger partial charge on any atom is 0.274 e. The van der Waals surface area contributed by atoms with Gasteiger partial charge in [-0.05, 0) is 30.5 Å². The van der Waals surface area contributed by atoms with Crippen LogP contribution in [0.1, 0.15) is 42.7 Å². The Labute approximate surface area is 156 Å². The van der Waals surface area contributed by atoms with Gasteiger partial charge in [-0.1, -0.05) is 19.0 Å². The highest BCUT2D eigenvalue weighted by atomic mass is 16.5. The molecule has 0 radical (unpaired) electrons. The molecule has 0 aliphatic rings. The van der Waals surface area contributed by atoms with Crippen molar-refractivity contribution < 1.29 is 19.5 Å². The van der Waals surface area contributed by atoms with E-state index in [0.717, 1.165) is 0 Å². The second-order valence-corrected chi connectivity index (χ2v) is 6.52. The SMILES string of the molecule is CCNC(=O)c1noc(-c2cc(C(C)C)c(O)cc2O)c1-c1ccnn1C. The largest absolute Gasteiger partial charge is 0.508 e. The lowest BCUT2D eigenvalue weighted by Gasteiger charge is -2.12. The van der Waals surface area contributed by atoms with Crippen molar-refractivity contribution >= 4 is 5.91 Å². The van der Waals surface area contributed by atoms with Crippen molar-refractivity contribution in [2.75, 3.05) is 6.54 Å². The number of aromatic hydroxyl groups is 2. The monoisotopic (exact) mass is 370 g/mol. The third kappa shape index (κ3) is 3.25. The van der Waals surface area contributed by atoms with Gasteiger partial charge in [-0.15, -0.1) is 0 Å². The maximum atomic E-state index is 12.5. The highest BCUT2D eigenvalue weighted by molar-refractivity contribution is 6.02. The zero-order chi connectivity index (χ0) is 19.7. The first-order valence-electron chi connectivity index (χ1n) is 8.67. The Morgan fingerprint density at radius 1 is 1.30 bits per heavy atom. The van der Waals surface area contributed by atoms with E-state index in [1.165, 1.54) is 6.07 Å². The molecule has 0 spiro atoms. The quantitative estimate of drug-likeness (QED) is 0.636. The molecule has 0 bridgehead atoms. The van der Waals surface area contributed by atoms with Crippen LogP contribution in [-0.2, 0) is 7.05 Å². The zero-order valence-corrected chi connectivity index (χ0v) is 15.6. The number of aryl methyl sites for hydroxylation is 1. The summed E-state index contributed by atoms with van der Waals surface area (Å²) in [4.78, 5) is 12.5. The van der Waals surface area contributed by atoms with Gasteiger partial charge in [-0.25, -0.2) is 0 Å². The summed E-state index contributed by atoms with van der Waals surface area (Å²) in [5.41, 5.74) is 2.14. The summed E-state index contributed by atoms with van der Waals surface area (Å²) in [6.45, 7) is 6.11. The number of benzene rings is 1. The third-order valence-corrected chi connectivity index (χ3v) is 4.33. The van der Waals surface area contributed by atoms with Crippen LogP contribution in [-0.4, -0.2) is 37.6 Å². The minimum absolute atomic E-state index is 0.00296. The van der Waals surface area contributed by atoms with Crippen molar-refractivity contribution in [3.05, 3.63) is 35.7 Å². The number of phenolic OH excluding ortho intramolecular Hbond substituents is 2. The van der Waals surface area contributed by atoms with Crippen LogP contribution in [0.2, 0.25) is 0 Å². The maximum absolute atomic E-state index is 12.5. The number of nitrogens with one attached hydrogen (secondary N) is 1. The number of nitrogens with zero attached hydrogens (tertiary/aromatic N) is 3. The number of aromatic nitrogens is 3. The Morgan fingerprint density at radius 2 is 2.04 bits per heavy atom. The fraction of sp³-hybridized carbons (Fsp3) is 0.316. The van der Waals surface area contributed by atoms with Gasteiger partial charge in [0.05, 0.1) is 16.8 Å². The molecule has 0 saturated carbocycles. The number of carbonyl (C=O) groups is 1. The number of carbonyl (C=O) groups excluding carboxylic acids is 1. The molecule has 1 amide bonds. The van der Waals surface area contributed by atoms with Crippen molar-refractivity contribution in [2.24, 2.45) is 7.05 Å². The topological polar surface area (TPSA) is 113 Å². The Morgan fingerprint density at radius 3 is 2.63 bits per heavy atom. The Balaban J connectivity index is 2.28. The van der Waals surface area contributed by atoms with E-state index in [-0.39, 0.29) is 34.8 Å². The van der Waals surface area contributed by atoms with E-state index in [0.29, 0.717) is 28.9 Å². The van der Waals surface area contributed by atoms with Crippen LogP contribution in [0.4, 0.5) is 0 Å². The first-order valence-corrected chi connectivity index (χ1v) is 8.67. The Hall–Kier alpha value is -3.29. The molecule has 0 unspecified atom stereocenters. The summed E-state index contributed by atoms with van der Waals surface area (Å²) >= 11 is 0. The van der Waals surface area contributed by atoms with E-state index in [1.807, 2.05) is 20.8 Å². The molecule has 3 N–H and O–H groups in total. The van der Waals surface area contributed by atoms with Gasteiger partial charge in [0.25, 0.3) is 5.91 Å². The average Bonchev–Trinajstić information content (AvgIpc) is 3.20. The molecule has 8 heteroatoms. The summed E-state index contributed by atoms with van der Waals surface area (Å²) in [7, 11) is 1.74. The van der Waals surface area contributed by atoms with Crippen LogP contribution in [0.5, 0.6) is 11.5 Å². The lowest BCUT2D eigenvalue weighted by Crippen LogP contribution is -2.23. The van der Waals surface area contributed by atoms with Crippen LogP contribution in [0.3, 0.4) is 0 Å². The predicted molar refractivity (Wildman–Crippen MR) is 99.6 cm³/mol. The number of rotatable bonds is 5. The number of hydrogen-bond acceptors (Lipinski definition) is 6. The average molecular weight is 370 g/mol. The lowest BCUT2D eigenvalue weighted by atomic mass is 9.95. The number of amides is 1. The summed E-state index contributed by atoms with van der Waals surface area (Å²) in [5, 5.41) is 31.3. The molecule has 0 fully saturated rings. The lowest BCUT2D eigenvalue weighted by molar-refractivity contribution is 0.0947. The molecular formula is C19H22N4O4. The molecule has 142 valence electrons. The van der Waals surface area contributed by atoms with Gasteiger partial charge in [-0.3, -0.25) is 9.48 Å². The van der Waals surface area contributed by atoms with Gasteiger partial charge in [-0.2, -0.15) is 5.10 Å². The Kier molecular flexibility index (Phi) is 4.89. The van der Waals surface area contributed by atoms with Crippen molar-refractivity contribution in [3.8, 4) is 34.1 Å². The molecule has 3 rings (SSSR count). The fourth-order valence-electron chi connectivity index (χ4n) is 2.97. The van der Waals surface area contributed by atoms with E-state index in [2.05, 4.69) is 15.6 Å². The smallest absolute Gasteiger partial charge is 0.274 e. The van der Waals surface area contributed by atoms with Crippen LogP contribution in [0.15, 0.2) is 28.9 Å². The van der Waals surface area contributed by atoms with Crippen LogP contribution in [0, 0.1) is 0 Å². The molecule has 0 atom stereocenters. The standard InChI is InChI=1S/C19H22N4O4/c1-5-20-19(26)17-16(13-6-7-21-23(13)4)18(27-22-17)12-8-11(10(2)3)14(24)9-15(12)25/h6-10,24-25H,5H2,1-4H3,(H,20,26). The molecule has 0 saturated heterocycles. The first kappa shape index (κ1) is 18.5. The zero-order valence-electron chi connectivity index (χ0n) is 15.6. The van der Waals surface area contributed by atoms with Gasteiger partial charge in [0, 0.05) is 25.9 Å². The fourth-order valence-corrected chi connectivity index (χ4v) is 2.97. The van der Waals surface area contributed by atoms with E-state index >= 15 is 0 Å². The second-order valence-electron chi connectivity index (χ2n) is 6.52. The molecule has 2 aromatic heterocycles. The summed E-state index contributed by atoms with van der Waals surface area (Å²) in [6, 6.07) is 4.66. The molecule has 2 heterocycles. The summed E-state index contributed by atoms with van der Waals surface area (Å²) in [6.07, 6.45) is 1.60. The van der Waals surface area contributed by atoms with Gasteiger partial charge in [0.15, 0.2) is 11.5 Å². The minimum Gasteiger partial charge on any atom is -0.508 e. The van der Waals surface area contributed by atoms with Crippen molar-refractivity contribution in [2.45, 2.75) is 26.7 Å². The van der Waals surface area contributed by atoms with Crippen LogP contribution >= 0.6 is 0 Å². The summed E-state index contributed by atoms with van der Waals surface area (Å²) in [5.74, 6) is -0.295. The molecule has 0 aliphatic carbocycles. The molecule has 0 aliphatic heterocycles. The second kappa shape index (κ2) is 7.14. The Bertz CT molecular complexity index is 988. The highest BCUT2D eigenvalue weighted by Crippen LogP contribution is 2.42. The predicted octanol–water partition coefficient (Wildman–Crippen LogP) is 3.03. The molecule has 3 aromatic rings. The van der Waals surface area contributed by atoms with E-state index in [9.17, 15) is 15.0 Å². The number of phenols is 2. The van der Waals surface area contributed by atoms with Gasteiger partial charge < -0.3 is 20.1 Å². The van der Waals surface area contributed by atoms with Crippen molar-refractivity contribution in [1.82, 2.24) is 20.3 Å². The summed E-state index contributed by atoms with van der Waals surface area (Å²) < 4.78 is 7.09. The highest BCUT2D eigenvalue weighted by Gasteiger charge is 2.28. The van der Waals surface area contributed by atoms with Crippen molar-refractivity contribution in [1.29, 1.82) is 0 Å². The van der Waals surface area contributed by atoms with Crippen LogP contribution < -0.4 is 5.32 Å². The van der Waals surface area contributed by atoms with E-state index < -0.39 is 0 Å². The minimum atomic E-state index is -0.383. The normalized spacial score (nSPS) is 11.1. The molecule has 1 aromatic carbocycles. The molecule has 27 heavy (non-hydrogen) atoms. The van der Waals surface area contributed by atoms with Gasteiger partial charge in [0.1, 0.15) is 11.5 Å². The van der Waals surface area contributed by atoms with Gasteiger partial charge in [0.2, 0.25) is 0 Å². The molecular weight excluding hydrogens is 348 g/mol. The van der Waals surface area contributed by atoms with Gasteiger partial charge >= 0.3 is 0 Å². The molecule has 8 nitrogen and oxygen atoms in total. The number of hydrogen-bond donors (Lipinski definition) is 3. The van der Waals surface area contributed by atoms with Crippen LogP contribution in [0.25, 0.3) is 22.6 Å².